The quantitative estimate of drug-likeness (QED) is 0.838. The average molecular weight is 258 g/mol. The van der Waals surface area contributed by atoms with Gasteiger partial charge in [-0.15, -0.1) is 0 Å². The Labute approximate surface area is 105 Å². The first kappa shape index (κ1) is 13.7. The molecular weight excluding hydrogens is 242 g/mol. The van der Waals surface area contributed by atoms with Crippen LogP contribution in [0.4, 0.5) is 5.82 Å². The van der Waals surface area contributed by atoms with Gasteiger partial charge in [-0.05, 0) is 19.9 Å². The zero-order valence-corrected chi connectivity index (χ0v) is 10.6. The molecule has 0 spiro atoms. The van der Waals surface area contributed by atoms with Gasteiger partial charge in [0.2, 0.25) is 0 Å². The maximum Gasteiger partial charge on any atom is 0.253 e. The van der Waals surface area contributed by atoms with E-state index in [2.05, 4.69) is 10.3 Å². The van der Waals surface area contributed by atoms with E-state index in [1.807, 2.05) is 13.8 Å². The van der Waals surface area contributed by atoms with Crippen molar-refractivity contribution in [2.45, 2.75) is 19.9 Å². The maximum atomic E-state index is 11.8. The highest BCUT2D eigenvalue weighted by atomic mass is 35.5. The molecule has 0 aliphatic heterocycles. The average Bonchev–Trinajstić information content (AvgIpc) is 2.30. The van der Waals surface area contributed by atoms with E-state index in [9.17, 15) is 4.79 Å². The lowest BCUT2D eigenvalue weighted by molar-refractivity contribution is 0.0871. The van der Waals surface area contributed by atoms with Crippen LogP contribution >= 0.6 is 11.6 Å². The Balaban J connectivity index is 2.60. The van der Waals surface area contributed by atoms with E-state index in [4.69, 9.17) is 22.1 Å². The number of hydrogen-bond donors (Lipinski definition) is 2. The Kier molecular flexibility index (Phi) is 5.18. The third-order valence-corrected chi connectivity index (χ3v) is 2.38. The van der Waals surface area contributed by atoms with Gasteiger partial charge in [0.05, 0.1) is 17.2 Å². The molecule has 0 aliphatic rings. The monoisotopic (exact) mass is 257 g/mol. The fourth-order valence-corrected chi connectivity index (χ4v) is 1.38. The molecule has 1 unspecified atom stereocenters. The van der Waals surface area contributed by atoms with Crippen LogP contribution in [0.15, 0.2) is 12.3 Å². The fraction of sp³-hybridized carbons (Fsp3) is 0.455. The summed E-state index contributed by atoms with van der Waals surface area (Å²) in [6.07, 6.45) is 1.39. The molecule has 1 heterocycles. The first-order chi connectivity index (χ1) is 8.04. The molecule has 0 fully saturated rings. The van der Waals surface area contributed by atoms with Crippen molar-refractivity contribution >= 4 is 23.3 Å². The molecule has 0 aliphatic carbocycles. The summed E-state index contributed by atoms with van der Waals surface area (Å²) in [7, 11) is 0. The molecular formula is C11H16ClN3O2. The summed E-state index contributed by atoms with van der Waals surface area (Å²) < 4.78 is 5.20. The van der Waals surface area contributed by atoms with Crippen molar-refractivity contribution in [3.8, 4) is 0 Å². The van der Waals surface area contributed by atoms with Crippen molar-refractivity contribution in [3.05, 3.63) is 22.8 Å². The third kappa shape index (κ3) is 4.20. The molecule has 0 aromatic carbocycles. The van der Waals surface area contributed by atoms with Crippen LogP contribution in [0.5, 0.6) is 0 Å². The lowest BCUT2D eigenvalue weighted by Gasteiger charge is -2.13. The Bertz CT molecular complexity index is 398. The standard InChI is InChI=1S/C11H16ClN3O2/c1-3-17-6-7(2)15-11(16)8-4-9(12)10(13)14-5-8/h4-5,7H,3,6H2,1-2H3,(H2,13,14)(H,15,16). The normalized spacial score (nSPS) is 12.2. The number of halogens is 1. The molecule has 1 rings (SSSR count). The number of carbonyl (C=O) groups excluding carboxylic acids is 1. The maximum absolute atomic E-state index is 11.8. The highest BCUT2D eigenvalue weighted by Gasteiger charge is 2.11. The van der Waals surface area contributed by atoms with Crippen molar-refractivity contribution < 1.29 is 9.53 Å². The van der Waals surface area contributed by atoms with E-state index in [-0.39, 0.29) is 22.8 Å². The molecule has 1 amide bonds. The summed E-state index contributed by atoms with van der Waals surface area (Å²) in [6.45, 7) is 4.85. The minimum absolute atomic E-state index is 0.0706. The van der Waals surface area contributed by atoms with Crippen molar-refractivity contribution in [1.29, 1.82) is 0 Å². The number of aromatic nitrogens is 1. The van der Waals surface area contributed by atoms with E-state index < -0.39 is 0 Å². The largest absolute Gasteiger partial charge is 0.382 e. The van der Waals surface area contributed by atoms with Crippen molar-refractivity contribution in [1.82, 2.24) is 10.3 Å². The molecule has 0 saturated carbocycles. The summed E-state index contributed by atoms with van der Waals surface area (Å²) in [5.74, 6) is -0.0304. The second-order valence-electron chi connectivity index (χ2n) is 3.63. The highest BCUT2D eigenvalue weighted by Crippen LogP contribution is 2.16. The number of nitrogens with two attached hydrogens (primary N) is 1. The zero-order chi connectivity index (χ0) is 12.8. The molecule has 1 aromatic heterocycles. The van der Waals surface area contributed by atoms with Crippen molar-refractivity contribution in [2.24, 2.45) is 0 Å². The summed E-state index contributed by atoms with van der Waals surface area (Å²) in [6, 6.07) is 1.42. The Morgan fingerprint density at radius 1 is 1.71 bits per heavy atom. The van der Waals surface area contributed by atoms with Crippen LogP contribution in [-0.4, -0.2) is 30.1 Å². The van der Waals surface area contributed by atoms with E-state index in [0.717, 1.165) is 0 Å². The predicted octanol–water partition coefficient (Wildman–Crippen LogP) is 1.47. The van der Waals surface area contributed by atoms with Crippen LogP contribution in [0, 0.1) is 0 Å². The van der Waals surface area contributed by atoms with Crippen LogP contribution in [0.1, 0.15) is 24.2 Å². The van der Waals surface area contributed by atoms with Gasteiger partial charge in [0.1, 0.15) is 5.82 Å². The van der Waals surface area contributed by atoms with E-state index in [1.165, 1.54) is 12.3 Å². The van der Waals surface area contributed by atoms with Crippen molar-refractivity contribution in [2.75, 3.05) is 18.9 Å². The van der Waals surface area contributed by atoms with Gasteiger partial charge in [-0.25, -0.2) is 4.98 Å². The molecule has 17 heavy (non-hydrogen) atoms. The first-order valence-corrected chi connectivity index (χ1v) is 5.72. The van der Waals surface area contributed by atoms with Crippen LogP contribution in [0.2, 0.25) is 5.02 Å². The predicted molar refractivity (Wildman–Crippen MR) is 67.1 cm³/mol. The van der Waals surface area contributed by atoms with Gasteiger partial charge in [0, 0.05) is 18.8 Å². The number of rotatable bonds is 5. The Morgan fingerprint density at radius 3 is 3.00 bits per heavy atom. The number of carbonyl (C=O) groups is 1. The molecule has 0 radical (unpaired) electrons. The second-order valence-corrected chi connectivity index (χ2v) is 4.03. The van der Waals surface area contributed by atoms with Crippen LogP contribution < -0.4 is 11.1 Å². The highest BCUT2D eigenvalue weighted by molar-refractivity contribution is 6.33. The lowest BCUT2D eigenvalue weighted by atomic mass is 10.2. The smallest absolute Gasteiger partial charge is 0.253 e. The summed E-state index contributed by atoms with van der Waals surface area (Å²) >= 11 is 5.79. The summed E-state index contributed by atoms with van der Waals surface area (Å²) in [5, 5.41) is 3.05. The Morgan fingerprint density at radius 2 is 2.41 bits per heavy atom. The summed E-state index contributed by atoms with van der Waals surface area (Å²) in [5.41, 5.74) is 5.84. The number of hydrogen-bond acceptors (Lipinski definition) is 4. The molecule has 1 atom stereocenters. The number of amides is 1. The van der Waals surface area contributed by atoms with Gasteiger partial charge in [-0.2, -0.15) is 0 Å². The minimum atomic E-state index is -0.244. The van der Waals surface area contributed by atoms with Gasteiger partial charge < -0.3 is 15.8 Å². The third-order valence-electron chi connectivity index (χ3n) is 2.08. The van der Waals surface area contributed by atoms with Gasteiger partial charge in [-0.1, -0.05) is 11.6 Å². The SMILES string of the molecule is CCOCC(C)NC(=O)c1cnc(N)c(Cl)c1. The molecule has 5 nitrogen and oxygen atoms in total. The number of nitrogens with zero attached hydrogens (tertiary/aromatic N) is 1. The molecule has 1 aromatic rings. The fourth-order valence-electron chi connectivity index (χ4n) is 1.22. The second kappa shape index (κ2) is 6.42. The van der Waals surface area contributed by atoms with Crippen LogP contribution in [0.3, 0.4) is 0 Å². The number of nitrogens with one attached hydrogen (secondary N) is 1. The Hall–Kier alpha value is -1.33. The van der Waals surface area contributed by atoms with E-state index >= 15 is 0 Å². The zero-order valence-electron chi connectivity index (χ0n) is 9.87. The molecule has 0 bridgehead atoms. The van der Waals surface area contributed by atoms with Gasteiger partial charge >= 0.3 is 0 Å². The molecule has 3 N–H and O–H groups in total. The van der Waals surface area contributed by atoms with Gasteiger partial charge in [0.15, 0.2) is 0 Å². The first-order valence-electron chi connectivity index (χ1n) is 5.34. The number of ether oxygens (including phenoxy) is 1. The topological polar surface area (TPSA) is 77.2 Å². The van der Waals surface area contributed by atoms with E-state index in [0.29, 0.717) is 18.8 Å². The molecule has 6 heteroatoms. The minimum Gasteiger partial charge on any atom is -0.382 e. The molecule has 94 valence electrons. The van der Waals surface area contributed by atoms with Gasteiger partial charge in [0.25, 0.3) is 5.91 Å². The summed E-state index contributed by atoms with van der Waals surface area (Å²) in [4.78, 5) is 15.6. The van der Waals surface area contributed by atoms with E-state index in [1.54, 1.807) is 0 Å². The lowest BCUT2D eigenvalue weighted by Crippen LogP contribution is -2.36. The van der Waals surface area contributed by atoms with Crippen LogP contribution in [0.25, 0.3) is 0 Å². The number of anilines is 1. The number of pyridine rings is 1. The molecule has 0 saturated heterocycles. The van der Waals surface area contributed by atoms with Crippen LogP contribution in [-0.2, 0) is 4.74 Å². The number of nitrogen functional groups attached to an aromatic ring is 1. The van der Waals surface area contributed by atoms with Crippen molar-refractivity contribution in [3.63, 3.8) is 0 Å². The van der Waals surface area contributed by atoms with Gasteiger partial charge in [-0.3, -0.25) is 4.79 Å².